The largest absolute Gasteiger partial charge is 0.490 e. The van der Waals surface area contributed by atoms with Crippen molar-refractivity contribution in [2.45, 2.75) is 38.7 Å². The minimum atomic E-state index is 0.406. The van der Waals surface area contributed by atoms with Crippen molar-refractivity contribution in [3.63, 3.8) is 0 Å². The summed E-state index contributed by atoms with van der Waals surface area (Å²) >= 11 is 0. The molecule has 0 aromatic heterocycles. The van der Waals surface area contributed by atoms with Crippen molar-refractivity contribution < 1.29 is 4.74 Å². The van der Waals surface area contributed by atoms with Crippen LogP contribution >= 0.6 is 0 Å². The first-order valence-corrected chi connectivity index (χ1v) is 6.72. The van der Waals surface area contributed by atoms with Gasteiger partial charge in [-0.15, -0.1) is 0 Å². The summed E-state index contributed by atoms with van der Waals surface area (Å²) in [6.07, 6.45) is 5.06. The standard InChI is InChI=1S/C15H23NO/c1-3-4-13-5-7-14(8-6-13)17-15-9-11-16(2)12-10-15/h5-8,15H,3-4,9-12H2,1-2H3. The van der Waals surface area contributed by atoms with Crippen LogP contribution in [0.4, 0.5) is 0 Å². The van der Waals surface area contributed by atoms with E-state index >= 15 is 0 Å². The third-order valence-electron chi connectivity index (χ3n) is 3.43. The summed E-state index contributed by atoms with van der Waals surface area (Å²) in [4.78, 5) is 2.37. The molecule has 0 radical (unpaired) electrons. The highest BCUT2D eigenvalue weighted by atomic mass is 16.5. The van der Waals surface area contributed by atoms with Crippen LogP contribution in [0.2, 0.25) is 0 Å². The molecule has 2 nitrogen and oxygen atoms in total. The van der Waals surface area contributed by atoms with Crippen molar-refractivity contribution in [3.05, 3.63) is 29.8 Å². The second-order valence-corrected chi connectivity index (χ2v) is 5.01. The van der Waals surface area contributed by atoms with Gasteiger partial charge in [0.1, 0.15) is 11.9 Å². The molecule has 1 heterocycles. The first-order chi connectivity index (χ1) is 8.28. The van der Waals surface area contributed by atoms with E-state index in [1.54, 1.807) is 0 Å². The summed E-state index contributed by atoms with van der Waals surface area (Å²) in [5.74, 6) is 1.03. The number of nitrogens with zero attached hydrogens (tertiary/aromatic N) is 1. The fraction of sp³-hybridized carbons (Fsp3) is 0.600. The lowest BCUT2D eigenvalue weighted by Gasteiger charge is -2.29. The molecule has 0 amide bonds. The van der Waals surface area contributed by atoms with Crippen molar-refractivity contribution in [2.75, 3.05) is 20.1 Å². The van der Waals surface area contributed by atoms with E-state index in [1.165, 1.54) is 12.0 Å². The van der Waals surface area contributed by atoms with Gasteiger partial charge in [0.25, 0.3) is 0 Å². The lowest BCUT2D eigenvalue weighted by atomic mass is 10.1. The van der Waals surface area contributed by atoms with Crippen LogP contribution < -0.4 is 4.74 Å². The highest BCUT2D eigenvalue weighted by molar-refractivity contribution is 5.27. The number of rotatable bonds is 4. The normalized spacial score (nSPS) is 18.2. The molecule has 0 spiro atoms. The number of aryl methyl sites for hydroxylation is 1. The Morgan fingerprint density at radius 1 is 1.18 bits per heavy atom. The first kappa shape index (κ1) is 12.4. The minimum Gasteiger partial charge on any atom is -0.490 e. The van der Waals surface area contributed by atoms with Gasteiger partial charge < -0.3 is 9.64 Å². The van der Waals surface area contributed by atoms with E-state index in [9.17, 15) is 0 Å². The van der Waals surface area contributed by atoms with Crippen LogP contribution in [0.3, 0.4) is 0 Å². The summed E-state index contributed by atoms with van der Waals surface area (Å²) in [6.45, 7) is 4.51. The van der Waals surface area contributed by atoms with Gasteiger partial charge in [0, 0.05) is 13.1 Å². The topological polar surface area (TPSA) is 12.5 Å². The van der Waals surface area contributed by atoms with Crippen LogP contribution in [0.15, 0.2) is 24.3 Å². The molecule has 2 rings (SSSR count). The Hall–Kier alpha value is -1.02. The van der Waals surface area contributed by atoms with Crippen LogP contribution in [0.1, 0.15) is 31.7 Å². The number of piperidine rings is 1. The number of ether oxygens (including phenoxy) is 1. The molecule has 1 saturated heterocycles. The van der Waals surface area contributed by atoms with E-state index in [-0.39, 0.29) is 0 Å². The zero-order valence-corrected chi connectivity index (χ0v) is 11.0. The van der Waals surface area contributed by atoms with Gasteiger partial charge in [-0.2, -0.15) is 0 Å². The molecule has 0 saturated carbocycles. The molecule has 1 aromatic carbocycles. The zero-order valence-electron chi connectivity index (χ0n) is 11.0. The smallest absolute Gasteiger partial charge is 0.119 e. The lowest BCUT2D eigenvalue weighted by molar-refractivity contribution is 0.114. The van der Waals surface area contributed by atoms with E-state index in [2.05, 4.69) is 43.1 Å². The molecule has 1 aromatic rings. The maximum Gasteiger partial charge on any atom is 0.119 e. The summed E-state index contributed by atoms with van der Waals surface area (Å²) < 4.78 is 6.01. The highest BCUT2D eigenvalue weighted by Crippen LogP contribution is 2.19. The zero-order chi connectivity index (χ0) is 12.1. The highest BCUT2D eigenvalue weighted by Gasteiger charge is 2.17. The molecule has 0 aliphatic carbocycles. The molecular formula is C15H23NO. The molecule has 17 heavy (non-hydrogen) atoms. The van der Waals surface area contributed by atoms with Crippen LogP contribution in [-0.2, 0) is 6.42 Å². The molecule has 94 valence electrons. The Morgan fingerprint density at radius 2 is 1.82 bits per heavy atom. The predicted molar refractivity (Wildman–Crippen MR) is 71.6 cm³/mol. The molecule has 0 bridgehead atoms. The first-order valence-electron chi connectivity index (χ1n) is 6.72. The SMILES string of the molecule is CCCc1ccc(OC2CCN(C)CC2)cc1. The van der Waals surface area contributed by atoms with E-state index < -0.39 is 0 Å². The van der Waals surface area contributed by atoms with E-state index in [0.29, 0.717) is 6.10 Å². The van der Waals surface area contributed by atoms with Gasteiger partial charge in [0.15, 0.2) is 0 Å². The Balaban J connectivity index is 1.86. The van der Waals surface area contributed by atoms with Crippen molar-refractivity contribution in [2.24, 2.45) is 0 Å². The fourth-order valence-corrected chi connectivity index (χ4v) is 2.32. The van der Waals surface area contributed by atoms with Gasteiger partial charge in [0.05, 0.1) is 0 Å². The van der Waals surface area contributed by atoms with Gasteiger partial charge in [-0.3, -0.25) is 0 Å². The maximum atomic E-state index is 6.01. The number of likely N-dealkylation sites (tertiary alicyclic amines) is 1. The third-order valence-corrected chi connectivity index (χ3v) is 3.43. The summed E-state index contributed by atoms with van der Waals surface area (Å²) in [6, 6.07) is 8.61. The molecule has 2 heteroatoms. The Morgan fingerprint density at radius 3 is 2.41 bits per heavy atom. The van der Waals surface area contributed by atoms with Gasteiger partial charge in [-0.25, -0.2) is 0 Å². The molecule has 0 unspecified atom stereocenters. The average molecular weight is 233 g/mol. The summed E-state index contributed by atoms with van der Waals surface area (Å²) in [7, 11) is 2.18. The van der Waals surface area contributed by atoms with Crippen molar-refractivity contribution >= 4 is 0 Å². The van der Waals surface area contributed by atoms with Crippen LogP contribution in [0.25, 0.3) is 0 Å². The second kappa shape index (κ2) is 6.06. The van der Waals surface area contributed by atoms with Gasteiger partial charge in [0.2, 0.25) is 0 Å². The second-order valence-electron chi connectivity index (χ2n) is 5.01. The van der Waals surface area contributed by atoms with Gasteiger partial charge in [-0.1, -0.05) is 25.5 Å². The van der Waals surface area contributed by atoms with Crippen LogP contribution in [0.5, 0.6) is 5.75 Å². The summed E-state index contributed by atoms with van der Waals surface area (Å²) in [5, 5.41) is 0. The Labute approximate surface area is 105 Å². The van der Waals surface area contributed by atoms with Crippen molar-refractivity contribution in [3.8, 4) is 5.75 Å². The summed E-state index contributed by atoms with van der Waals surface area (Å²) in [5.41, 5.74) is 1.41. The predicted octanol–water partition coefficient (Wildman–Crippen LogP) is 3.11. The van der Waals surface area contributed by atoms with Gasteiger partial charge in [-0.05, 0) is 44.0 Å². The van der Waals surface area contributed by atoms with Crippen molar-refractivity contribution in [1.29, 1.82) is 0 Å². The lowest BCUT2D eigenvalue weighted by Crippen LogP contribution is -2.35. The molecule has 0 atom stereocenters. The molecule has 1 aliphatic rings. The monoisotopic (exact) mass is 233 g/mol. The van der Waals surface area contributed by atoms with E-state index in [1.807, 2.05) is 0 Å². The quantitative estimate of drug-likeness (QED) is 0.792. The Kier molecular flexibility index (Phi) is 4.43. The minimum absolute atomic E-state index is 0.406. The van der Waals surface area contributed by atoms with Crippen molar-refractivity contribution in [1.82, 2.24) is 4.90 Å². The molecule has 0 N–H and O–H groups in total. The number of hydrogen-bond donors (Lipinski definition) is 0. The van der Waals surface area contributed by atoms with Crippen LogP contribution in [-0.4, -0.2) is 31.1 Å². The van der Waals surface area contributed by atoms with E-state index in [4.69, 9.17) is 4.74 Å². The molecule has 1 aliphatic heterocycles. The fourth-order valence-electron chi connectivity index (χ4n) is 2.32. The van der Waals surface area contributed by atoms with E-state index in [0.717, 1.165) is 38.1 Å². The Bertz CT molecular complexity index is 325. The maximum absolute atomic E-state index is 6.01. The molecule has 1 fully saturated rings. The average Bonchev–Trinajstić information content (AvgIpc) is 2.35. The molecular weight excluding hydrogens is 210 g/mol. The van der Waals surface area contributed by atoms with Crippen LogP contribution in [0, 0.1) is 0 Å². The number of benzene rings is 1. The van der Waals surface area contributed by atoms with Gasteiger partial charge >= 0.3 is 0 Å². The third kappa shape index (κ3) is 3.74. The number of hydrogen-bond acceptors (Lipinski definition) is 2.